The molecule has 2 rings (SSSR count). The minimum atomic E-state index is -3.01. The summed E-state index contributed by atoms with van der Waals surface area (Å²) in [6, 6.07) is 0.408. The number of piperidine rings is 1. The normalized spacial score (nSPS) is 18.5. The zero-order chi connectivity index (χ0) is 14.6. The number of hydrogen-bond acceptors (Lipinski definition) is 5. The van der Waals surface area contributed by atoms with E-state index in [2.05, 4.69) is 17.2 Å². The van der Waals surface area contributed by atoms with Crippen LogP contribution in [0.3, 0.4) is 0 Å². The van der Waals surface area contributed by atoms with Crippen LogP contribution in [0.15, 0.2) is 6.20 Å². The summed E-state index contributed by atoms with van der Waals surface area (Å²) in [7, 11) is -3.01. The Morgan fingerprint density at radius 1 is 1.40 bits per heavy atom. The van der Waals surface area contributed by atoms with Gasteiger partial charge in [0.25, 0.3) is 0 Å². The van der Waals surface area contributed by atoms with Crippen molar-refractivity contribution in [3.63, 3.8) is 0 Å². The van der Waals surface area contributed by atoms with Crippen molar-refractivity contribution in [2.24, 2.45) is 0 Å². The fourth-order valence-electron chi connectivity index (χ4n) is 2.36. The number of rotatable bonds is 6. The van der Waals surface area contributed by atoms with Crippen LogP contribution >= 0.6 is 11.3 Å². The number of aryl methyl sites for hydroxylation is 1. The van der Waals surface area contributed by atoms with Crippen LogP contribution in [0, 0.1) is 0 Å². The van der Waals surface area contributed by atoms with Gasteiger partial charge in [0, 0.05) is 36.8 Å². The molecule has 5 nitrogen and oxygen atoms in total. The van der Waals surface area contributed by atoms with Crippen molar-refractivity contribution in [2.75, 3.05) is 18.8 Å². The Balaban J connectivity index is 1.77. The summed E-state index contributed by atoms with van der Waals surface area (Å²) in [5, 5.41) is 4.69. The molecule has 0 atom stereocenters. The second-order valence-corrected chi connectivity index (χ2v) is 8.49. The molecule has 2 heterocycles. The molecular weight excluding hydrogens is 294 g/mol. The highest BCUT2D eigenvalue weighted by atomic mass is 32.2. The highest BCUT2D eigenvalue weighted by molar-refractivity contribution is 7.89. The summed E-state index contributed by atoms with van der Waals surface area (Å²) in [6.07, 6.45) is 4.70. The van der Waals surface area contributed by atoms with Crippen LogP contribution in [-0.4, -0.2) is 42.6 Å². The third kappa shape index (κ3) is 4.00. The minimum absolute atomic E-state index is 0.200. The molecule has 1 saturated heterocycles. The topological polar surface area (TPSA) is 62.3 Å². The van der Waals surface area contributed by atoms with E-state index in [4.69, 9.17) is 0 Å². The monoisotopic (exact) mass is 317 g/mol. The SMILES string of the molecule is CCc1ncc(CNC2CCN(S(=O)(=O)CC)CC2)s1. The summed E-state index contributed by atoms with van der Waals surface area (Å²) in [6.45, 7) is 5.92. The zero-order valence-electron chi connectivity index (χ0n) is 12.1. The van der Waals surface area contributed by atoms with E-state index in [1.54, 1.807) is 22.6 Å². The van der Waals surface area contributed by atoms with Gasteiger partial charge in [0.2, 0.25) is 10.0 Å². The van der Waals surface area contributed by atoms with E-state index >= 15 is 0 Å². The van der Waals surface area contributed by atoms with Gasteiger partial charge in [0.1, 0.15) is 0 Å². The van der Waals surface area contributed by atoms with E-state index in [-0.39, 0.29) is 5.75 Å². The molecule has 0 aromatic carbocycles. The molecule has 0 spiro atoms. The van der Waals surface area contributed by atoms with Gasteiger partial charge in [0.15, 0.2) is 0 Å². The van der Waals surface area contributed by atoms with Crippen LogP contribution in [0.25, 0.3) is 0 Å². The Bertz CT molecular complexity index is 519. The minimum Gasteiger partial charge on any atom is -0.309 e. The first-order chi connectivity index (χ1) is 9.55. The van der Waals surface area contributed by atoms with Gasteiger partial charge in [-0.15, -0.1) is 11.3 Å². The van der Waals surface area contributed by atoms with Gasteiger partial charge in [-0.2, -0.15) is 0 Å². The van der Waals surface area contributed by atoms with Gasteiger partial charge in [-0.05, 0) is 26.2 Å². The van der Waals surface area contributed by atoms with Crippen LogP contribution in [-0.2, 0) is 23.0 Å². The predicted molar refractivity (Wildman–Crippen MR) is 82.4 cm³/mol. The number of nitrogens with one attached hydrogen (secondary N) is 1. The summed E-state index contributed by atoms with van der Waals surface area (Å²) in [5.41, 5.74) is 0. The first-order valence-corrected chi connectivity index (χ1v) is 9.62. The standard InChI is InChI=1S/C13H23N3O2S2/c1-3-13-15-10-12(19-13)9-14-11-5-7-16(8-6-11)20(17,18)4-2/h10-11,14H,3-9H2,1-2H3. The highest BCUT2D eigenvalue weighted by Crippen LogP contribution is 2.17. The van der Waals surface area contributed by atoms with Crippen molar-refractivity contribution in [3.05, 3.63) is 16.1 Å². The summed E-state index contributed by atoms with van der Waals surface area (Å²) in [5.74, 6) is 0.200. The lowest BCUT2D eigenvalue weighted by Gasteiger charge is -2.31. The third-order valence-electron chi connectivity index (χ3n) is 3.68. The number of sulfonamides is 1. The Morgan fingerprint density at radius 3 is 2.65 bits per heavy atom. The van der Waals surface area contributed by atoms with Crippen molar-refractivity contribution in [1.29, 1.82) is 0 Å². The van der Waals surface area contributed by atoms with Crippen LogP contribution in [0.2, 0.25) is 0 Å². The van der Waals surface area contributed by atoms with Crippen LogP contribution < -0.4 is 5.32 Å². The molecule has 1 N–H and O–H groups in total. The molecule has 0 bridgehead atoms. The molecule has 114 valence electrons. The van der Waals surface area contributed by atoms with Crippen LogP contribution in [0.1, 0.15) is 36.6 Å². The lowest BCUT2D eigenvalue weighted by molar-refractivity contribution is 0.289. The molecule has 0 radical (unpaired) electrons. The molecule has 1 fully saturated rings. The van der Waals surface area contributed by atoms with E-state index in [1.165, 1.54) is 9.88 Å². The molecule has 0 aliphatic carbocycles. The number of thiazole rings is 1. The van der Waals surface area contributed by atoms with Crippen molar-refractivity contribution in [3.8, 4) is 0 Å². The fraction of sp³-hybridized carbons (Fsp3) is 0.769. The first-order valence-electron chi connectivity index (χ1n) is 7.20. The second kappa shape index (κ2) is 6.98. The van der Waals surface area contributed by atoms with E-state index in [0.717, 1.165) is 25.8 Å². The largest absolute Gasteiger partial charge is 0.309 e. The maximum absolute atomic E-state index is 11.8. The fourth-order valence-corrected chi connectivity index (χ4v) is 4.30. The van der Waals surface area contributed by atoms with Crippen molar-refractivity contribution in [2.45, 2.75) is 45.7 Å². The molecule has 0 saturated carbocycles. The van der Waals surface area contributed by atoms with Crippen molar-refractivity contribution >= 4 is 21.4 Å². The molecular formula is C13H23N3O2S2. The summed E-state index contributed by atoms with van der Waals surface area (Å²) >= 11 is 1.75. The predicted octanol–water partition coefficient (Wildman–Crippen LogP) is 1.61. The van der Waals surface area contributed by atoms with Crippen LogP contribution in [0.4, 0.5) is 0 Å². The first kappa shape index (κ1) is 15.9. The number of nitrogens with zero attached hydrogens (tertiary/aromatic N) is 2. The maximum Gasteiger partial charge on any atom is 0.213 e. The average Bonchev–Trinajstić information content (AvgIpc) is 2.93. The smallest absolute Gasteiger partial charge is 0.213 e. The number of aromatic nitrogens is 1. The quantitative estimate of drug-likeness (QED) is 0.866. The molecule has 1 aliphatic heterocycles. The van der Waals surface area contributed by atoms with Gasteiger partial charge >= 0.3 is 0 Å². The zero-order valence-corrected chi connectivity index (χ0v) is 13.8. The van der Waals surface area contributed by atoms with Crippen molar-refractivity contribution in [1.82, 2.24) is 14.6 Å². The lowest BCUT2D eigenvalue weighted by atomic mass is 10.1. The Kier molecular flexibility index (Phi) is 5.54. The molecule has 1 aromatic rings. The maximum atomic E-state index is 11.8. The molecule has 7 heteroatoms. The Morgan fingerprint density at radius 2 is 2.10 bits per heavy atom. The van der Waals surface area contributed by atoms with E-state index in [9.17, 15) is 8.42 Å². The van der Waals surface area contributed by atoms with E-state index in [1.807, 2.05) is 6.20 Å². The molecule has 1 aliphatic rings. The van der Waals surface area contributed by atoms with E-state index in [0.29, 0.717) is 19.1 Å². The Labute approximate surface area is 125 Å². The van der Waals surface area contributed by atoms with Gasteiger partial charge in [-0.25, -0.2) is 17.7 Å². The third-order valence-corrected chi connectivity index (χ3v) is 6.70. The summed E-state index contributed by atoms with van der Waals surface area (Å²) in [4.78, 5) is 5.60. The lowest BCUT2D eigenvalue weighted by Crippen LogP contribution is -2.45. The molecule has 20 heavy (non-hydrogen) atoms. The molecule has 0 unspecified atom stereocenters. The van der Waals surface area contributed by atoms with Gasteiger partial charge in [0.05, 0.1) is 10.8 Å². The molecule has 0 amide bonds. The van der Waals surface area contributed by atoms with Gasteiger partial charge < -0.3 is 5.32 Å². The van der Waals surface area contributed by atoms with E-state index < -0.39 is 10.0 Å². The van der Waals surface area contributed by atoms with Crippen molar-refractivity contribution < 1.29 is 8.42 Å². The molecule has 1 aromatic heterocycles. The van der Waals surface area contributed by atoms with Gasteiger partial charge in [-0.1, -0.05) is 6.92 Å². The second-order valence-electron chi connectivity index (χ2n) is 5.03. The average molecular weight is 317 g/mol. The van der Waals surface area contributed by atoms with Gasteiger partial charge in [-0.3, -0.25) is 0 Å². The Hall–Kier alpha value is -0.500. The highest BCUT2D eigenvalue weighted by Gasteiger charge is 2.26. The number of hydrogen-bond donors (Lipinski definition) is 1. The summed E-state index contributed by atoms with van der Waals surface area (Å²) < 4.78 is 25.2. The van der Waals surface area contributed by atoms with Crippen LogP contribution in [0.5, 0.6) is 0 Å².